The second-order valence-electron chi connectivity index (χ2n) is 6.48. The summed E-state index contributed by atoms with van der Waals surface area (Å²) in [5.74, 6) is 0.992. The zero-order chi connectivity index (χ0) is 17.3. The van der Waals surface area contributed by atoms with Crippen molar-refractivity contribution in [1.82, 2.24) is 14.3 Å². The molecular formula is C17H24N4O2S. The van der Waals surface area contributed by atoms with Gasteiger partial charge in [0.05, 0.1) is 0 Å². The fraction of sp³-hybridized carbons (Fsp3) is 0.471. The second-order valence-corrected chi connectivity index (χ2v) is 8.19. The second kappa shape index (κ2) is 6.57. The summed E-state index contributed by atoms with van der Waals surface area (Å²) in [4.78, 5) is 6.44. The first-order valence-electron chi connectivity index (χ1n) is 8.17. The van der Waals surface area contributed by atoms with Crippen LogP contribution in [0.3, 0.4) is 0 Å². The number of rotatable bonds is 5. The van der Waals surface area contributed by atoms with E-state index in [1.807, 2.05) is 12.1 Å². The third-order valence-electron chi connectivity index (χ3n) is 4.67. The summed E-state index contributed by atoms with van der Waals surface area (Å²) < 4.78 is 29.1. The van der Waals surface area contributed by atoms with E-state index < -0.39 is 10.0 Å². The summed E-state index contributed by atoms with van der Waals surface area (Å²) >= 11 is 0. The number of nitrogens with one attached hydrogen (secondary N) is 1. The third kappa shape index (κ3) is 3.47. The molecule has 0 unspecified atom stereocenters. The number of sulfonamides is 1. The van der Waals surface area contributed by atoms with Crippen LogP contribution in [-0.2, 0) is 17.1 Å². The molecule has 1 aliphatic rings. The largest absolute Gasteiger partial charge is 0.371 e. The van der Waals surface area contributed by atoms with Crippen LogP contribution >= 0.6 is 0 Å². The van der Waals surface area contributed by atoms with E-state index in [1.54, 1.807) is 24.7 Å². The van der Waals surface area contributed by atoms with Crippen LogP contribution < -0.4 is 9.62 Å². The number of imidazole rings is 1. The molecule has 0 aliphatic carbocycles. The molecule has 0 bridgehead atoms. The van der Waals surface area contributed by atoms with Crippen molar-refractivity contribution in [3.8, 4) is 0 Å². The summed E-state index contributed by atoms with van der Waals surface area (Å²) in [6, 6.07) is 8.31. The van der Waals surface area contributed by atoms with Crippen LogP contribution in [0.4, 0.5) is 5.69 Å². The highest BCUT2D eigenvalue weighted by Crippen LogP contribution is 2.26. The predicted molar refractivity (Wildman–Crippen MR) is 94.6 cm³/mol. The summed E-state index contributed by atoms with van der Waals surface area (Å²) in [7, 11) is -1.75. The van der Waals surface area contributed by atoms with Gasteiger partial charge in [-0.25, -0.2) is 18.1 Å². The Bertz CT molecular complexity index is 809. The van der Waals surface area contributed by atoms with Gasteiger partial charge >= 0.3 is 0 Å². The lowest BCUT2D eigenvalue weighted by molar-refractivity contribution is 0.539. The number of nitrogens with zero attached hydrogens (tertiary/aromatic N) is 3. The van der Waals surface area contributed by atoms with Crippen LogP contribution in [0.15, 0.2) is 35.5 Å². The number of para-hydroxylation sites is 1. The van der Waals surface area contributed by atoms with E-state index >= 15 is 0 Å². The van der Waals surface area contributed by atoms with Crippen molar-refractivity contribution < 1.29 is 8.42 Å². The molecule has 0 radical (unpaired) electrons. The van der Waals surface area contributed by atoms with Crippen molar-refractivity contribution in [2.75, 3.05) is 24.5 Å². The molecule has 1 aliphatic heterocycles. The first-order valence-corrected chi connectivity index (χ1v) is 9.65. The number of aryl methyl sites for hydroxylation is 3. The molecule has 130 valence electrons. The summed E-state index contributed by atoms with van der Waals surface area (Å²) in [5.41, 5.74) is 2.49. The van der Waals surface area contributed by atoms with Gasteiger partial charge in [-0.15, -0.1) is 0 Å². The zero-order valence-corrected chi connectivity index (χ0v) is 15.2. The van der Waals surface area contributed by atoms with Crippen LogP contribution in [0.1, 0.15) is 17.8 Å². The van der Waals surface area contributed by atoms with E-state index in [9.17, 15) is 8.42 Å². The maximum absolute atomic E-state index is 12.4. The van der Waals surface area contributed by atoms with E-state index in [0.29, 0.717) is 18.3 Å². The molecule has 2 heterocycles. The predicted octanol–water partition coefficient (Wildman–Crippen LogP) is 1.84. The zero-order valence-electron chi connectivity index (χ0n) is 14.4. The molecule has 1 N–H and O–H groups in total. The molecule has 1 aromatic heterocycles. The van der Waals surface area contributed by atoms with Gasteiger partial charge in [-0.1, -0.05) is 18.2 Å². The van der Waals surface area contributed by atoms with E-state index in [0.717, 1.165) is 19.5 Å². The van der Waals surface area contributed by atoms with Gasteiger partial charge in [0, 0.05) is 38.6 Å². The lowest BCUT2D eigenvalue weighted by atomic mass is 10.1. The number of hydrogen-bond donors (Lipinski definition) is 1. The highest BCUT2D eigenvalue weighted by molar-refractivity contribution is 7.89. The van der Waals surface area contributed by atoms with E-state index in [4.69, 9.17) is 0 Å². The Hall–Kier alpha value is -1.86. The summed E-state index contributed by atoms with van der Waals surface area (Å²) in [5, 5.41) is 0.0938. The fourth-order valence-electron chi connectivity index (χ4n) is 3.09. The molecular weight excluding hydrogens is 324 g/mol. The number of hydrogen-bond acceptors (Lipinski definition) is 4. The van der Waals surface area contributed by atoms with Gasteiger partial charge in [0.1, 0.15) is 5.82 Å². The van der Waals surface area contributed by atoms with Crippen molar-refractivity contribution in [2.45, 2.75) is 25.3 Å². The van der Waals surface area contributed by atoms with Gasteiger partial charge in [-0.3, -0.25) is 0 Å². The van der Waals surface area contributed by atoms with Gasteiger partial charge in [-0.05, 0) is 37.8 Å². The Labute approximate surface area is 143 Å². The molecule has 7 heteroatoms. The quantitative estimate of drug-likeness (QED) is 0.895. The summed E-state index contributed by atoms with van der Waals surface area (Å²) in [6.45, 7) is 6.17. The molecule has 0 spiro atoms. The Morgan fingerprint density at radius 1 is 1.29 bits per heavy atom. The van der Waals surface area contributed by atoms with Crippen molar-refractivity contribution in [3.63, 3.8) is 0 Å². The van der Waals surface area contributed by atoms with E-state index in [1.165, 1.54) is 11.3 Å². The maximum atomic E-state index is 12.4. The SMILES string of the molecule is Cc1ccccc1N1CC[C@H](CNS(=O)(=O)c2cn(C)c(C)n2)C1. The highest BCUT2D eigenvalue weighted by atomic mass is 32.2. The van der Waals surface area contributed by atoms with Gasteiger partial charge in [0.25, 0.3) is 10.0 Å². The minimum atomic E-state index is -3.54. The molecule has 24 heavy (non-hydrogen) atoms. The van der Waals surface area contributed by atoms with Crippen molar-refractivity contribution in [1.29, 1.82) is 0 Å². The molecule has 1 atom stereocenters. The smallest absolute Gasteiger partial charge is 0.259 e. The molecule has 0 amide bonds. The standard InChI is InChI=1S/C17H24N4O2S/c1-13-6-4-5-7-16(13)21-9-8-15(11-21)10-18-24(22,23)17-12-20(3)14(2)19-17/h4-7,12,15,18H,8-11H2,1-3H3/t15-/m1/s1. The fourth-order valence-corrected chi connectivity index (χ4v) is 4.25. The Morgan fingerprint density at radius 2 is 2.04 bits per heavy atom. The topological polar surface area (TPSA) is 67.2 Å². The van der Waals surface area contributed by atoms with Crippen LogP contribution in [0.2, 0.25) is 0 Å². The Kier molecular flexibility index (Phi) is 4.64. The molecule has 0 saturated carbocycles. The normalized spacial score (nSPS) is 18.3. The average molecular weight is 348 g/mol. The van der Waals surface area contributed by atoms with Crippen molar-refractivity contribution in [2.24, 2.45) is 13.0 Å². The molecule has 6 nitrogen and oxygen atoms in total. The molecule has 3 rings (SSSR count). The lowest BCUT2D eigenvalue weighted by Gasteiger charge is -2.21. The minimum absolute atomic E-state index is 0.0938. The van der Waals surface area contributed by atoms with Crippen LogP contribution in [0.25, 0.3) is 0 Å². The van der Waals surface area contributed by atoms with Gasteiger partial charge in [0.2, 0.25) is 0 Å². The molecule has 1 aromatic carbocycles. The lowest BCUT2D eigenvalue weighted by Crippen LogP contribution is -2.31. The monoisotopic (exact) mass is 348 g/mol. The Morgan fingerprint density at radius 3 is 2.71 bits per heavy atom. The van der Waals surface area contributed by atoms with E-state index in [-0.39, 0.29) is 5.03 Å². The Balaban J connectivity index is 1.61. The maximum Gasteiger partial charge on any atom is 0.259 e. The highest BCUT2D eigenvalue weighted by Gasteiger charge is 2.26. The molecule has 1 saturated heterocycles. The van der Waals surface area contributed by atoms with Gasteiger partial charge in [-0.2, -0.15) is 0 Å². The summed E-state index contributed by atoms with van der Waals surface area (Å²) in [6.07, 6.45) is 2.53. The van der Waals surface area contributed by atoms with Crippen LogP contribution in [-0.4, -0.2) is 37.6 Å². The molecule has 1 fully saturated rings. The first-order chi connectivity index (χ1) is 11.4. The van der Waals surface area contributed by atoms with Gasteiger partial charge < -0.3 is 9.47 Å². The minimum Gasteiger partial charge on any atom is -0.371 e. The van der Waals surface area contributed by atoms with Crippen LogP contribution in [0, 0.1) is 19.8 Å². The van der Waals surface area contributed by atoms with Crippen molar-refractivity contribution >= 4 is 15.7 Å². The number of anilines is 1. The van der Waals surface area contributed by atoms with E-state index in [2.05, 4.69) is 33.7 Å². The first kappa shape index (κ1) is 17.0. The number of aromatic nitrogens is 2. The van der Waals surface area contributed by atoms with Crippen LogP contribution in [0.5, 0.6) is 0 Å². The third-order valence-corrected chi connectivity index (χ3v) is 5.96. The van der Waals surface area contributed by atoms with Crippen molar-refractivity contribution in [3.05, 3.63) is 41.9 Å². The average Bonchev–Trinajstić information content (AvgIpc) is 3.14. The molecule has 2 aromatic rings. The van der Waals surface area contributed by atoms with Gasteiger partial charge in [0.15, 0.2) is 5.03 Å². The number of benzene rings is 1.